The van der Waals surface area contributed by atoms with Crippen molar-refractivity contribution in [2.45, 2.75) is 52.1 Å². The predicted molar refractivity (Wildman–Crippen MR) is 98.4 cm³/mol. The van der Waals surface area contributed by atoms with Crippen molar-refractivity contribution in [1.29, 1.82) is 0 Å². The summed E-state index contributed by atoms with van der Waals surface area (Å²) in [7, 11) is 0. The molecule has 0 saturated carbocycles. The number of amides is 2. The molecule has 1 N–H and O–H groups in total. The lowest BCUT2D eigenvalue weighted by Crippen LogP contribution is -2.52. The van der Waals surface area contributed by atoms with Crippen LogP contribution in [0.3, 0.4) is 0 Å². The van der Waals surface area contributed by atoms with Gasteiger partial charge in [0.25, 0.3) is 5.91 Å². The summed E-state index contributed by atoms with van der Waals surface area (Å²) in [5.41, 5.74) is 2.49. The number of nitrogens with zero attached hydrogens (tertiary/aromatic N) is 2. The van der Waals surface area contributed by atoms with Gasteiger partial charge in [-0.15, -0.1) is 0 Å². The lowest BCUT2D eigenvalue weighted by Gasteiger charge is -2.35. The van der Waals surface area contributed by atoms with Gasteiger partial charge >= 0.3 is 0 Å². The van der Waals surface area contributed by atoms with Crippen LogP contribution in [0.15, 0.2) is 24.3 Å². The second-order valence-corrected chi connectivity index (χ2v) is 7.31. The van der Waals surface area contributed by atoms with Crippen molar-refractivity contribution in [2.24, 2.45) is 0 Å². The van der Waals surface area contributed by atoms with E-state index in [-0.39, 0.29) is 17.7 Å². The Labute approximate surface area is 150 Å². The zero-order valence-corrected chi connectivity index (χ0v) is 15.7. The molecule has 25 heavy (non-hydrogen) atoms. The summed E-state index contributed by atoms with van der Waals surface area (Å²) in [6.07, 6.45) is -0.498. The van der Waals surface area contributed by atoms with E-state index in [1.807, 2.05) is 4.90 Å². The Morgan fingerprint density at radius 1 is 0.920 bits per heavy atom. The Morgan fingerprint density at radius 3 is 1.88 bits per heavy atom. The largest absolute Gasteiger partial charge is 0.384 e. The molecule has 0 radical (unpaired) electrons. The van der Waals surface area contributed by atoms with Gasteiger partial charge in [-0.05, 0) is 29.9 Å². The highest BCUT2D eigenvalue weighted by Gasteiger charge is 2.26. The number of carbonyl (C=O) groups excluding carboxylic acids is 2. The number of rotatable bonds is 5. The van der Waals surface area contributed by atoms with Crippen molar-refractivity contribution in [1.82, 2.24) is 9.80 Å². The van der Waals surface area contributed by atoms with Gasteiger partial charge in [-0.25, -0.2) is 0 Å². The molecular weight excluding hydrogens is 316 g/mol. The molecule has 138 valence electrons. The summed E-state index contributed by atoms with van der Waals surface area (Å²) in [6.45, 7) is 9.96. The second-order valence-electron chi connectivity index (χ2n) is 7.31. The molecule has 2 rings (SSSR count). The fourth-order valence-electron chi connectivity index (χ4n) is 3.16. The van der Waals surface area contributed by atoms with Crippen LogP contribution in [0.5, 0.6) is 0 Å². The highest BCUT2D eigenvalue weighted by atomic mass is 16.3. The lowest BCUT2D eigenvalue weighted by atomic mass is 9.94. The average molecular weight is 346 g/mol. The van der Waals surface area contributed by atoms with Crippen LogP contribution in [0, 0.1) is 0 Å². The minimum atomic E-state index is -0.976. The second kappa shape index (κ2) is 8.48. The van der Waals surface area contributed by atoms with Crippen molar-refractivity contribution in [3.05, 3.63) is 35.4 Å². The molecule has 1 aliphatic heterocycles. The van der Waals surface area contributed by atoms with Crippen LogP contribution >= 0.6 is 0 Å². The maximum absolute atomic E-state index is 12.5. The first-order chi connectivity index (χ1) is 11.8. The summed E-state index contributed by atoms with van der Waals surface area (Å²) in [4.78, 5) is 27.8. The van der Waals surface area contributed by atoms with Crippen molar-refractivity contribution >= 4 is 11.8 Å². The predicted octanol–water partition coefficient (Wildman–Crippen LogP) is 2.36. The maximum atomic E-state index is 12.5. The Balaban J connectivity index is 1.86. The van der Waals surface area contributed by atoms with Gasteiger partial charge < -0.3 is 14.9 Å². The first-order valence-electron chi connectivity index (χ1n) is 9.14. The molecule has 2 atom stereocenters. The average Bonchev–Trinajstić information content (AvgIpc) is 2.61. The number of aliphatic hydroxyl groups is 1. The molecule has 2 amide bonds. The van der Waals surface area contributed by atoms with Crippen molar-refractivity contribution in [3.8, 4) is 0 Å². The van der Waals surface area contributed by atoms with Crippen LogP contribution in [-0.2, 0) is 9.59 Å². The van der Waals surface area contributed by atoms with E-state index in [2.05, 4.69) is 45.0 Å². The highest BCUT2D eigenvalue weighted by Crippen LogP contribution is 2.23. The molecule has 1 aromatic carbocycles. The number of carbonyl (C=O) groups is 2. The van der Waals surface area contributed by atoms with E-state index in [1.54, 1.807) is 4.90 Å². The van der Waals surface area contributed by atoms with E-state index in [4.69, 9.17) is 0 Å². The van der Waals surface area contributed by atoms with E-state index in [0.29, 0.717) is 38.5 Å². The standard InChI is InChI=1S/C20H30N2O3/c1-14(2)17-5-7-18(8-6-17)15(3)13-19(24)21-9-11-22(12-10-21)20(25)16(4)23/h5-8,14-16,23H,9-13H2,1-4H3. The van der Waals surface area contributed by atoms with Gasteiger partial charge in [0.05, 0.1) is 0 Å². The zero-order valence-electron chi connectivity index (χ0n) is 15.7. The van der Waals surface area contributed by atoms with Gasteiger partial charge in [-0.3, -0.25) is 9.59 Å². The van der Waals surface area contributed by atoms with Crippen molar-refractivity contribution in [2.75, 3.05) is 26.2 Å². The van der Waals surface area contributed by atoms with E-state index >= 15 is 0 Å². The molecule has 1 fully saturated rings. The number of aliphatic hydroxyl groups excluding tert-OH is 1. The molecule has 0 bridgehead atoms. The lowest BCUT2D eigenvalue weighted by molar-refractivity contribution is -0.144. The molecule has 0 aromatic heterocycles. The summed E-state index contributed by atoms with van der Waals surface area (Å²) in [6, 6.07) is 8.52. The molecule has 1 aliphatic rings. The Kier molecular flexibility index (Phi) is 6.59. The van der Waals surface area contributed by atoms with E-state index in [0.717, 1.165) is 0 Å². The first-order valence-corrected chi connectivity index (χ1v) is 9.14. The van der Waals surface area contributed by atoms with Crippen LogP contribution in [0.4, 0.5) is 0 Å². The third kappa shape index (κ3) is 5.05. The van der Waals surface area contributed by atoms with Gasteiger partial charge in [-0.1, -0.05) is 45.0 Å². The molecule has 2 unspecified atom stereocenters. The zero-order chi connectivity index (χ0) is 18.6. The number of hydrogen-bond donors (Lipinski definition) is 1. The van der Waals surface area contributed by atoms with E-state index < -0.39 is 6.10 Å². The first kappa shape index (κ1) is 19.4. The van der Waals surface area contributed by atoms with Gasteiger partial charge in [0.2, 0.25) is 5.91 Å². The Morgan fingerprint density at radius 2 is 1.40 bits per heavy atom. The summed E-state index contributed by atoms with van der Waals surface area (Å²) < 4.78 is 0. The van der Waals surface area contributed by atoms with Crippen LogP contribution < -0.4 is 0 Å². The van der Waals surface area contributed by atoms with Crippen LogP contribution in [0.1, 0.15) is 57.1 Å². The van der Waals surface area contributed by atoms with Crippen LogP contribution in [0.2, 0.25) is 0 Å². The Hall–Kier alpha value is -1.88. The van der Waals surface area contributed by atoms with E-state index in [1.165, 1.54) is 18.1 Å². The number of benzene rings is 1. The highest BCUT2D eigenvalue weighted by molar-refractivity contribution is 5.81. The molecule has 1 heterocycles. The summed E-state index contributed by atoms with van der Waals surface area (Å²) in [5, 5.41) is 9.38. The monoisotopic (exact) mass is 346 g/mol. The third-order valence-corrected chi connectivity index (χ3v) is 4.95. The van der Waals surface area contributed by atoms with Crippen LogP contribution in [0.25, 0.3) is 0 Å². The SMILES string of the molecule is CC(O)C(=O)N1CCN(C(=O)CC(C)c2ccc(C(C)C)cc2)CC1. The number of hydrogen-bond acceptors (Lipinski definition) is 3. The van der Waals surface area contributed by atoms with Crippen molar-refractivity contribution < 1.29 is 14.7 Å². The molecule has 5 nitrogen and oxygen atoms in total. The van der Waals surface area contributed by atoms with Gasteiger partial charge in [0.1, 0.15) is 6.10 Å². The maximum Gasteiger partial charge on any atom is 0.251 e. The van der Waals surface area contributed by atoms with Crippen LogP contribution in [-0.4, -0.2) is 59.0 Å². The van der Waals surface area contributed by atoms with Crippen molar-refractivity contribution in [3.63, 3.8) is 0 Å². The normalized spacial score (nSPS) is 17.5. The fourth-order valence-corrected chi connectivity index (χ4v) is 3.16. The molecule has 1 saturated heterocycles. The van der Waals surface area contributed by atoms with E-state index in [9.17, 15) is 14.7 Å². The van der Waals surface area contributed by atoms with Gasteiger partial charge in [-0.2, -0.15) is 0 Å². The molecule has 0 spiro atoms. The minimum absolute atomic E-state index is 0.129. The minimum Gasteiger partial charge on any atom is -0.384 e. The fraction of sp³-hybridized carbons (Fsp3) is 0.600. The Bertz CT molecular complexity index is 587. The smallest absolute Gasteiger partial charge is 0.251 e. The summed E-state index contributed by atoms with van der Waals surface area (Å²) in [5.74, 6) is 0.549. The molecule has 0 aliphatic carbocycles. The van der Waals surface area contributed by atoms with Gasteiger partial charge in [0, 0.05) is 32.6 Å². The third-order valence-electron chi connectivity index (χ3n) is 4.95. The quantitative estimate of drug-likeness (QED) is 0.890. The topological polar surface area (TPSA) is 60.9 Å². The van der Waals surface area contributed by atoms with Gasteiger partial charge in [0.15, 0.2) is 0 Å². The molecule has 1 aromatic rings. The number of piperazine rings is 1. The molecule has 5 heteroatoms. The summed E-state index contributed by atoms with van der Waals surface area (Å²) >= 11 is 0. The molecular formula is C20H30N2O3.